The van der Waals surface area contributed by atoms with Gasteiger partial charge in [-0.3, -0.25) is 9.59 Å². The van der Waals surface area contributed by atoms with Gasteiger partial charge in [0.15, 0.2) is 6.61 Å². The zero-order valence-corrected chi connectivity index (χ0v) is 17.3. The molecule has 2 amide bonds. The van der Waals surface area contributed by atoms with Crippen molar-refractivity contribution < 1.29 is 19.2 Å². The number of carbonyl (C=O) groups excluding carboxylic acids is 2. The number of oxime groups is 1. The number of rotatable bonds is 9. The van der Waals surface area contributed by atoms with E-state index in [0.29, 0.717) is 16.5 Å². The minimum atomic E-state index is -0.546. The van der Waals surface area contributed by atoms with Crippen LogP contribution in [0.5, 0.6) is 5.75 Å². The minimum Gasteiger partial charge on any atom is -0.495 e. The first-order chi connectivity index (χ1) is 13.9. The normalized spacial score (nSPS) is 11.7. The molecule has 0 saturated carbocycles. The van der Waals surface area contributed by atoms with E-state index in [-0.39, 0.29) is 18.6 Å². The van der Waals surface area contributed by atoms with Gasteiger partial charge in [0, 0.05) is 5.02 Å². The van der Waals surface area contributed by atoms with Gasteiger partial charge in [0.25, 0.3) is 11.8 Å². The first kappa shape index (κ1) is 22.2. The Kier molecular flexibility index (Phi) is 8.48. The Hall–Kier alpha value is -3.06. The highest BCUT2D eigenvalue weighted by Gasteiger charge is 2.10. The Balaban J connectivity index is 1.78. The lowest BCUT2D eigenvalue weighted by atomic mass is 10.1. The Labute approximate surface area is 175 Å². The largest absolute Gasteiger partial charge is 0.495 e. The first-order valence-corrected chi connectivity index (χ1v) is 9.48. The summed E-state index contributed by atoms with van der Waals surface area (Å²) in [5.74, 6) is -0.432. The topological polar surface area (TPSA) is 89.0 Å². The highest BCUT2D eigenvalue weighted by Crippen LogP contribution is 2.27. The number of aryl methyl sites for hydroxylation is 1. The van der Waals surface area contributed by atoms with Gasteiger partial charge in [-0.05, 0) is 42.7 Å². The second-order valence-corrected chi connectivity index (χ2v) is 6.66. The van der Waals surface area contributed by atoms with Crippen LogP contribution < -0.4 is 15.4 Å². The lowest BCUT2D eigenvalue weighted by Gasteiger charge is -2.14. The van der Waals surface area contributed by atoms with Gasteiger partial charge in [-0.2, -0.15) is 0 Å². The fourth-order valence-corrected chi connectivity index (χ4v) is 2.70. The van der Waals surface area contributed by atoms with Crippen LogP contribution in [0.25, 0.3) is 0 Å². The lowest BCUT2D eigenvalue weighted by Crippen LogP contribution is -2.29. The van der Waals surface area contributed by atoms with Crippen molar-refractivity contribution in [2.45, 2.75) is 26.3 Å². The molecule has 0 aliphatic heterocycles. The fourth-order valence-electron chi connectivity index (χ4n) is 2.53. The summed E-state index contributed by atoms with van der Waals surface area (Å²) < 4.78 is 5.14. The number of benzene rings is 2. The molecule has 7 nitrogen and oxygen atoms in total. The van der Waals surface area contributed by atoms with E-state index in [4.69, 9.17) is 21.2 Å². The molecule has 0 saturated heterocycles. The van der Waals surface area contributed by atoms with Crippen molar-refractivity contribution in [2.24, 2.45) is 5.16 Å². The van der Waals surface area contributed by atoms with E-state index >= 15 is 0 Å². The Morgan fingerprint density at radius 3 is 2.59 bits per heavy atom. The van der Waals surface area contributed by atoms with Crippen LogP contribution in [0.15, 0.2) is 47.6 Å². The highest BCUT2D eigenvalue weighted by atomic mass is 35.5. The molecular weight excluding hydrogens is 394 g/mol. The van der Waals surface area contributed by atoms with E-state index in [1.807, 2.05) is 31.2 Å². The number of nitrogens with one attached hydrogen (secondary N) is 2. The second kappa shape index (κ2) is 11.1. The van der Waals surface area contributed by atoms with E-state index in [1.54, 1.807) is 18.2 Å². The number of methoxy groups -OCH3 is 1. The SMILES string of the molecule is CCc1ccc([C@@H](C)NC(=O)CO/N=C\C(=O)Nc2cc(Cl)ccc2OC)cc1. The molecule has 0 aromatic heterocycles. The Morgan fingerprint density at radius 2 is 1.93 bits per heavy atom. The first-order valence-electron chi connectivity index (χ1n) is 9.11. The molecule has 0 aliphatic rings. The second-order valence-electron chi connectivity index (χ2n) is 6.23. The number of hydrogen-bond acceptors (Lipinski definition) is 5. The summed E-state index contributed by atoms with van der Waals surface area (Å²) in [4.78, 5) is 28.8. The lowest BCUT2D eigenvalue weighted by molar-refractivity contribution is -0.126. The molecular formula is C21H24ClN3O4. The van der Waals surface area contributed by atoms with Crippen molar-refractivity contribution in [2.75, 3.05) is 19.0 Å². The summed E-state index contributed by atoms with van der Waals surface area (Å²) in [6, 6.07) is 12.7. The van der Waals surface area contributed by atoms with Crippen LogP contribution in [0.3, 0.4) is 0 Å². The number of amides is 2. The predicted octanol–water partition coefficient (Wildman–Crippen LogP) is 3.73. The van der Waals surface area contributed by atoms with Crippen LogP contribution in [0, 0.1) is 0 Å². The van der Waals surface area contributed by atoms with Crippen molar-refractivity contribution in [3.63, 3.8) is 0 Å². The third-order valence-electron chi connectivity index (χ3n) is 4.12. The number of carbonyl (C=O) groups is 2. The van der Waals surface area contributed by atoms with Gasteiger partial charge in [0.05, 0.1) is 18.8 Å². The van der Waals surface area contributed by atoms with Crippen molar-refractivity contribution in [3.8, 4) is 5.75 Å². The number of hydrogen-bond donors (Lipinski definition) is 2. The number of nitrogens with zero attached hydrogens (tertiary/aromatic N) is 1. The van der Waals surface area contributed by atoms with Gasteiger partial charge >= 0.3 is 0 Å². The highest BCUT2D eigenvalue weighted by molar-refractivity contribution is 6.33. The maximum absolute atomic E-state index is 12.0. The molecule has 2 rings (SSSR count). The van der Waals surface area contributed by atoms with E-state index in [9.17, 15) is 9.59 Å². The summed E-state index contributed by atoms with van der Waals surface area (Å²) in [6.45, 7) is 3.67. The summed E-state index contributed by atoms with van der Waals surface area (Å²) in [5.41, 5.74) is 2.63. The fraction of sp³-hybridized carbons (Fsp3) is 0.286. The number of ether oxygens (including phenoxy) is 1. The molecule has 8 heteroatoms. The summed E-state index contributed by atoms with van der Waals surface area (Å²) in [5, 5.41) is 9.35. The van der Waals surface area contributed by atoms with Gasteiger partial charge in [-0.25, -0.2) is 0 Å². The van der Waals surface area contributed by atoms with Crippen LogP contribution in [-0.2, 0) is 20.8 Å². The molecule has 154 valence electrons. The minimum absolute atomic E-state index is 0.167. The van der Waals surface area contributed by atoms with Gasteiger partial charge in [0.1, 0.15) is 12.0 Å². The molecule has 1 atom stereocenters. The standard InChI is InChI=1S/C21H24ClN3O4/c1-4-15-5-7-16(8-6-15)14(2)24-21(27)13-29-23-12-20(26)25-18-11-17(22)9-10-19(18)28-3/h5-12,14H,4,13H2,1-3H3,(H,24,27)(H,25,26)/b23-12-/t14-/m1/s1. The molecule has 0 fully saturated rings. The number of halogens is 1. The van der Waals surface area contributed by atoms with Crippen molar-refractivity contribution in [1.29, 1.82) is 0 Å². The quantitative estimate of drug-likeness (QED) is 0.480. The monoisotopic (exact) mass is 417 g/mol. The molecule has 0 unspecified atom stereocenters. The van der Waals surface area contributed by atoms with E-state index in [2.05, 4.69) is 22.7 Å². The molecule has 29 heavy (non-hydrogen) atoms. The molecule has 0 bridgehead atoms. The van der Waals surface area contributed by atoms with E-state index < -0.39 is 5.91 Å². The predicted molar refractivity (Wildman–Crippen MR) is 113 cm³/mol. The van der Waals surface area contributed by atoms with Crippen molar-refractivity contribution >= 4 is 35.3 Å². The molecule has 2 N–H and O–H groups in total. The van der Waals surface area contributed by atoms with E-state index in [0.717, 1.165) is 18.2 Å². The van der Waals surface area contributed by atoms with Gasteiger partial charge in [0.2, 0.25) is 0 Å². The van der Waals surface area contributed by atoms with Gasteiger partial charge < -0.3 is 20.2 Å². The molecule has 0 radical (unpaired) electrons. The molecule has 0 aliphatic carbocycles. The van der Waals surface area contributed by atoms with E-state index in [1.165, 1.54) is 12.7 Å². The Bertz CT molecular complexity index is 869. The smallest absolute Gasteiger partial charge is 0.270 e. The maximum Gasteiger partial charge on any atom is 0.270 e. The third kappa shape index (κ3) is 7.12. The van der Waals surface area contributed by atoms with Crippen LogP contribution in [-0.4, -0.2) is 31.7 Å². The van der Waals surface area contributed by atoms with Crippen LogP contribution in [0.2, 0.25) is 5.02 Å². The van der Waals surface area contributed by atoms with Crippen LogP contribution in [0.1, 0.15) is 31.0 Å². The average Bonchev–Trinajstić information content (AvgIpc) is 2.71. The van der Waals surface area contributed by atoms with Crippen molar-refractivity contribution in [1.82, 2.24) is 5.32 Å². The summed E-state index contributed by atoms with van der Waals surface area (Å²) >= 11 is 5.91. The summed E-state index contributed by atoms with van der Waals surface area (Å²) in [7, 11) is 1.48. The maximum atomic E-state index is 12.0. The van der Waals surface area contributed by atoms with Crippen LogP contribution in [0.4, 0.5) is 5.69 Å². The zero-order chi connectivity index (χ0) is 21.2. The van der Waals surface area contributed by atoms with Crippen LogP contribution >= 0.6 is 11.6 Å². The average molecular weight is 418 g/mol. The van der Waals surface area contributed by atoms with Gasteiger partial charge in [-0.1, -0.05) is 47.9 Å². The molecule has 2 aromatic carbocycles. The molecule has 2 aromatic rings. The molecule has 0 heterocycles. The van der Waals surface area contributed by atoms with Gasteiger partial charge in [-0.15, -0.1) is 0 Å². The zero-order valence-electron chi connectivity index (χ0n) is 16.6. The third-order valence-corrected chi connectivity index (χ3v) is 4.36. The Morgan fingerprint density at radius 1 is 1.21 bits per heavy atom. The van der Waals surface area contributed by atoms with Crippen molar-refractivity contribution in [3.05, 3.63) is 58.6 Å². The summed E-state index contributed by atoms with van der Waals surface area (Å²) in [6.07, 6.45) is 1.89. The molecule has 0 spiro atoms. The number of anilines is 1.